The van der Waals surface area contributed by atoms with Gasteiger partial charge in [-0.05, 0) is 29.8 Å². The molecule has 1 aromatic rings. The van der Waals surface area contributed by atoms with E-state index >= 15 is 0 Å². The lowest BCUT2D eigenvalue weighted by Crippen LogP contribution is -2.25. The molecule has 1 aromatic heterocycles. The highest BCUT2D eigenvalue weighted by molar-refractivity contribution is 7.99. The molecule has 0 bridgehead atoms. The fourth-order valence-corrected chi connectivity index (χ4v) is 2.68. The number of nitrogens with one attached hydrogen (secondary N) is 1. The number of nitrogens with zero attached hydrogens (tertiary/aromatic N) is 1. The van der Waals surface area contributed by atoms with Gasteiger partial charge in [-0.3, -0.25) is 0 Å². The van der Waals surface area contributed by atoms with Crippen molar-refractivity contribution in [3.8, 4) is 0 Å². The van der Waals surface area contributed by atoms with Gasteiger partial charge in [-0.25, -0.2) is 0 Å². The summed E-state index contributed by atoms with van der Waals surface area (Å²) in [6.45, 7) is 11.1. The average molecular weight is 254 g/mol. The SMILES string of the molecule is CCNC(c1ccn(CCSCC)c1)C(C)C. The van der Waals surface area contributed by atoms with E-state index in [1.165, 1.54) is 17.1 Å². The summed E-state index contributed by atoms with van der Waals surface area (Å²) in [6.07, 6.45) is 4.50. The summed E-state index contributed by atoms with van der Waals surface area (Å²) in [4.78, 5) is 0. The van der Waals surface area contributed by atoms with Crippen LogP contribution in [0.5, 0.6) is 0 Å². The molecule has 3 heteroatoms. The lowest BCUT2D eigenvalue weighted by atomic mass is 9.98. The first kappa shape index (κ1) is 14.7. The first-order valence-electron chi connectivity index (χ1n) is 6.65. The number of thioether (sulfide) groups is 1. The van der Waals surface area contributed by atoms with Crippen molar-refractivity contribution >= 4 is 11.8 Å². The number of aromatic nitrogens is 1. The third kappa shape index (κ3) is 4.76. The molecule has 98 valence electrons. The van der Waals surface area contributed by atoms with E-state index in [9.17, 15) is 0 Å². The van der Waals surface area contributed by atoms with Gasteiger partial charge < -0.3 is 9.88 Å². The Morgan fingerprint density at radius 1 is 1.35 bits per heavy atom. The monoisotopic (exact) mass is 254 g/mol. The van der Waals surface area contributed by atoms with Crippen molar-refractivity contribution in [3.63, 3.8) is 0 Å². The van der Waals surface area contributed by atoms with Crippen molar-refractivity contribution < 1.29 is 0 Å². The molecule has 1 rings (SSSR count). The van der Waals surface area contributed by atoms with Crippen molar-refractivity contribution in [2.75, 3.05) is 18.1 Å². The molecule has 0 aliphatic carbocycles. The van der Waals surface area contributed by atoms with E-state index in [2.05, 4.69) is 56.0 Å². The Morgan fingerprint density at radius 2 is 2.12 bits per heavy atom. The third-order valence-corrected chi connectivity index (χ3v) is 3.80. The van der Waals surface area contributed by atoms with E-state index in [1.54, 1.807) is 0 Å². The zero-order chi connectivity index (χ0) is 12.7. The molecule has 0 aliphatic heterocycles. The highest BCUT2D eigenvalue weighted by atomic mass is 32.2. The number of hydrogen-bond acceptors (Lipinski definition) is 2. The Kier molecular flexibility index (Phi) is 6.75. The van der Waals surface area contributed by atoms with Gasteiger partial charge in [-0.15, -0.1) is 0 Å². The Hall–Kier alpha value is -0.410. The molecule has 1 heterocycles. The van der Waals surface area contributed by atoms with Crippen LogP contribution < -0.4 is 5.32 Å². The van der Waals surface area contributed by atoms with Crippen LogP contribution in [0.1, 0.15) is 39.3 Å². The van der Waals surface area contributed by atoms with Gasteiger partial charge >= 0.3 is 0 Å². The van der Waals surface area contributed by atoms with Gasteiger partial charge in [0, 0.05) is 30.7 Å². The minimum Gasteiger partial charge on any atom is -0.353 e. The first-order valence-corrected chi connectivity index (χ1v) is 7.81. The largest absolute Gasteiger partial charge is 0.353 e. The minimum atomic E-state index is 0.486. The van der Waals surface area contributed by atoms with E-state index in [4.69, 9.17) is 0 Å². The lowest BCUT2D eigenvalue weighted by molar-refractivity contribution is 0.421. The quantitative estimate of drug-likeness (QED) is 0.715. The molecule has 17 heavy (non-hydrogen) atoms. The van der Waals surface area contributed by atoms with Crippen LogP contribution in [0.3, 0.4) is 0 Å². The first-order chi connectivity index (χ1) is 8.19. The zero-order valence-corrected chi connectivity index (χ0v) is 12.4. The number of rotatable bonds is 8. The second kappa shape index (κ2) is 7.83. The van der Waals surface area contributed by atoms with Crippen LogP contribution in [0.25, 0.3) is 0 Å². The molecule has 0 aromatic carbocycles. The van der Waals surface area contributed by atoms with E-state index in [0.717, 1.165) is 13.1 Å². The van der Waals surface area contributed by atoms with Gasteiger partial charge in [0.2, 0.25) is 0 Å². The van der Waals surface area contributed by atoms with Crippen molar-refractivity contribution in [2.45, 2.75) is 40.3 Å². The molecular weight excluding hydrogens is 228 g/mol. The molecule has 0 saturated heterocycles. The fraction of sp³-hybridized carbons (Fsp3) is 0.714. The van der Waals surface area contributed by atoms with Gasteiger partial charge in [0.25, 0.3) is 0 Å². The standard InChI is InChI=1S/C14H26N2S/c1-5-15-14(12(3)4)13-7-8-16(11-13)9-10-17-6-2/h7-8,11-12,14-15H,5-6,9-10H2,1-4H3. The van der Waals surface area contributed by atoms with Crippen LogP contribution in [0, 0.1) is 5.92 Å². The normalized spacial score (nSPS) is 13.2. The van der Waals surface area contributed by atoms with Crippen molar-refractivity contribution in [3.05, 3.63) is 24.0 Å². The van der Waals surface area contributed by atoms with Gasteiger partial charge in [0.05, 0.1) is 0 Å². The summed E-state index contributed by atoms with van der Waals surface area (Å²) < 4.78 is 2.31. The molecular formula is C14H26N2S. The highest BCUT2D eigenvalue weighted by Gasteiger charge is 2.15. The predicted molar refractivity (Wildman–Crippen MR) is 78.7 cm³/mol. The second-order valence-electron chi connectivity index (χ2n) is 4.66. The minimum absolute atomic E-state index is 0.486. The Bertz CT molecular complexity index is 307. The molecule has 0 radical (unpaired) electrons. The van der Waals surface area contributed by atoms with Gasteiger partial charge in [0.1, 0.15) is 0 Å². The van der Waals surface area contributed by atoms with Gasteiger partial charge in [0.15, 0.2) is 0 Å². The molecule has 1 atom stereocenters. The summed E-state index contributed by atoms with van der Waals surface area (Å²) in [5, 5.41) is 3.56. The summed E-state index contributed by atoms with van der Waals surface area (Å²) in [6, 6.07) is 2.74. The van der Waals surface area contributed by atoms with E-state index < -0.39 is 0 Å². The zero-order valence-electron chi connectivity index (χ0n) is 11.6. The summed E-state index contributed by atoms with van der Waals surface area (Å²) in [7, 11) is 0. The average Bonchev–Trinajstić information content (AvgIpc) is 2.74. The van der Waals surface area contributed by atoms with Crippen LogP contribution in [-0.4, -0.2) is 22.6 Å². The third-order valence-electron chi connectivity index (χ3n) is 2.92. The van der Waals surface area contributed by atoms with Crippen LogP contribution in [0.2, 0.25) is 0 Å². The van der Waals surface area contributed by atoms with Gasteiger partial charge in [-0.1, -0.05) is 27.7 Å². The number of hydrogen-bond donors (Lipinski definition) is 1. The fourth-order valence-electron chi connectivity index (χ4n) is 2.06. The van der Waals surface area contributed by atoms with Crippen LogP contribution in [-0.2, 0) is 6.54 Å². The van der Waals surface area contributed by atoms with Crippen molar-refractivity contribution in [2.24, 2.45) is 5.92 Å². The van der Waals surface area contributed by atoms with Gasteiger partial charge in [-0.2, -0.15) is 11.8 Å². The smallest absolute Gasteiger partial charge is 0.0358 e. The van der Waals surface area contributed by atoms with Crippen molar-refractivity contribution in [1.82, 2.24) is 9.88 Å². The van der Waals surface area contributed by atoms with Crippen LogP contribution in [0.15, 0.2) is 18.5 Å². The number of aryl methyl sites for hydroxylation is 1. The van der Waals surface area contributed by atoms with Crippen LogP contribution >= 0.6 is 11.8 Å². The molecule has 0 fully saturated rings. The Morgan fingerprint density at radius 3 is 2.71 bits per heavy atom. The summed E-state index contributed by atoms with van der Waals surface area (Å²) in [5.74, 6) is 3.05. The van der Waals surface area contributed by atoms with Crippen molar-refractivity contribution in [1.29, 1.82) is 0 Å². The highest BCUT2D eigenvalue weighted by Crippen LogP contribution is 2.21. The molecule has 1 unspecified atom stereocenters. The topological polar surface area (TPSA) is 17.0 Å². The molecule has 0 amide bonds. The molecule has 1 N–H and O–H groups in total. The Labute approximate surface area is 110 Å². The lowest BCUT2D eigenvalue weighted by Gasteiger charge is -2.20. The molecule has 0 spiro atoms. The predicted octanol–water partition coefficient (Wildman–Crippen LogP) is 3.55. The van der Waals surface area contributed by atoms with E-state index in [-0.39, 0.29) is 0 Å². The second-order valence-corrected chi connectivity index (χ2v) is 6.05. The molecule has 0 saturated carbocycles. The van der Waals surface area contributed by atoms with Crippen LogP contribution in [0.4, 0.5) is 0 Å². The maximum Gasteiger partial charge on any atom is 0.0358 e. The summed E-state index contributed by atoms with van der Waals surface area (Å²) >= 11 is 2.00. The molecule has 2 nitrogen and oxygen atoms in total. The van der Waals surface area contributed by atoms with E-state index in [0.29, 0.717) is 12.0 Å². The maximum atomic E-state index is 3.56. The molecule has 0 aliphatic rings. The summed E-state index contributed by atoms with van der Waals surface area (Å²) in [5.41, 5.74) is 1.42. The van der Waals surface area contributed by atoms with E-state index in [1.807, 2.05) is 11.8 Å². The maximum absolute atomic E-state index is 3.56. The Balaban J connectivity index is 2.58.